The van der Waals surface area contributed by atoms with Crippen LogP contribution in [-0.2, 0) is 11.2 Å². The first-order valence-electron chi connectivity index (χ1n) is 7.01. The summed E-state index contributed by atoms with van der Waals surface area (Å²) in [6.45, 7) is 5.33. The number of nitrogens with zero attached hydrogens (tertiary/aromatic N) is 1. The van der Waals surface area contributed by atoms with Crippen molar-refractivity contribution in [3.63, 3.8) is 0 Å². The molecule has 0 saturated carbocycles. The van der Waals surface area contributed by atoms with Crippen LogP contribution in [0, 0.1) is 0 Å². The van der Waals surface area contributed by atoms with Gasteiger partial charge in [0.2, 0.25) is 0 Å². The van der Waals surface area contributed by atoms with Gasteiger partial charge in [-0.05, 0) is 50.8 Å². The Kier molecular flexibility index (Phi) is 8.03. The summed E-state index contributed by atoms with van der Waals surface area (Å²) in [4.78, 5) is 4.03. The molecule has 1 heterocycles. The molecule has 2 unspecified atom stereocenters. The molecule has 1 aromatic rings. The molecule has 0 aliphatic heterocycles. The van der Waals surface area contributed by atoms with Gasteiger partial charge in [0.15, 0.2) is 0 Å². The fourth-order valence-corrected chi connectivity index (χ4v) is 2.21. The second kappa shape index (κ2) is 9.29. The van der Waals surface area contributed by atoms with Gasteiger partial charge in [0, 0.05) is 25.5 Å². The molecule has 1 rings (SSSR count). The average molecular weight is 285 g/mol. The predicted octanol–water partition coefficient (Wildman–Crippen LogP) is 3.46. The monoisotopic (exact) mass is 284 g/mol. The summed E-state index contributed by atoms with van der Waals surface area (Å²) in [5.74, 6) is 0. The van der Waals surface area contributed by atoms with E-state index in [1.807, 2.05) is 6.07 Å². The van der Waals surface area contributed by atoms with E-state index in [0.717, 1.165) is 42.8 Å². The van der Waals surface area contributed by atoms with E-state index >= 15 is 0 Å². The highest BCUT2D eigenvalue weighted by molar-refractivity contribution is 6.31. The Morgan fingerprint density at radius 3 is 2.84 bits per heavy atom. The van der Waals surface area contributed by atoms with Crippen molar-refractivity contribution < 1.29 is 4.74 Å². The highest BCUT2D eigenvalue weighted by Crippen LogP contribution is 2.17. The van der Waals surface area contributed by atoms with Gasteiger partial charge in [-0.1, -0.05) is 18.5 Å². The highest BCUT2D eigenvalue weighted by atomic mass is 35.5. The van der Waals surface area contributed by atoms with Crippen LogP contribution in [0.1, 0.15) is 38.7 Å². The molecule has 0 spiro atoms. The summed E-state index contributed by atoms with van der Waals surface area (Å²) in [7, 11) is 1.76. The third-order valence-corrected chi connectivity index (χ3v) is 3.67. The van der Waals surface area contributed by atoms with Crippen molar-refractivity contribution in [2.75, 3.05) is 13.7 Å². The van der Waals surface area contributed by atoms with Crippen molar-refractivity contribution in [1.82, 2.24) is 10.3 Å². The number of hydrogen-bond acceptors (Lipinski definition) is 3. The van der Waals surface area contributed by atoms with Crippen molar-refractivity contribution >= 4 is 11.6 Å². The molecule has 0 fully saturated rings. The summed E-state index contributed by atoms with van der Waals surface area (Å²) in [6, 6.07) is 2.44. The van der Waals surface area contributed by atoms with Gasteiger partial charge in [-0.3, -0.25) is 4.98 Å². The lowest BCUT2D eigenvalue weighted by molar-refractivity contribution is 0.106. The van der Waals surface area contributed by atoms with E-state index in [4.69, 9.17) is 16.3 Å². The standard InChI is InChI=1S/C15H25ClN2O/c1-4-8-18-14(6-5-12(2)19-3)10-13-7-9-17-11-15(13)16/h7,9,11-12,14,18H,4-6,8,10H2,1-3H3. The lowest BCUT2D eigenvalue weighted by Gasteiger charge is -2.20. The molecule has 0 aliphatic rings. The Morgan fingerprint density at radius 1 is 1.42 bits per heavy atom. The molecule has 3 nitrogen and oxygen atoms in total. The number of halogens is 1. The zero-order valence-electron chi connectivity index (χ0n) is 12.2. The number of ether oxygens (including phenoxy) is 1. The zero-order valence-corrected chi connectivity index (χ0v) is 12.9. The molecule has 0 aliphatic carbocycles. The minimum Gasteiger partial charge on any atom is -0.382 e. The van der Waals surface area contributed by atoms with Crippen LogP contribution in [0.15, 0.2) is 18.5 Å². The normalized spacial score (nSPS) is 14.3. The molecule has 1 N–H and O–H groups in total. The van der Waals surface area contributed by atoms with Crippen molar-refractivity contribution in [3.05, 3.63) is 29.0 Å². The van der Waals surface area contributed by atoms with Gasteiger partial charge in [0.25, 0.3) is 0 Å². The molecule has 2 atom stereocenters. The van der Waals surface area contributed by atoms with E-state index in [0.29, 0.717) is 12.1 Å². The first-order valence-corrected chi connectivity index (χ1v) is 7.39. The van der Waals surface area contributed by atoms with Crippen LogP contribution in [0.4, 0.5) is 0 Å². The van der Waals surface area contributed by atoms with Crippen LogP contribution >= 0.6 is 11.6 Å². The maximum Gasteiger partial charge on any atom is 0.0621 e. The quantitative estimate of drug-likeness (QED) is 0.754. The van der Waals surface area contributed by atoms with Crippen LogP contribution in [0.2, 0.25) is 5.02 Å². The van der Waals surface area contributed by atoms with Gasteiger partial charge < -0.3 is 10.1 Å². The number of hydrogen-bond donors (Lipinski definition) is 1. The van der Waals surface area contributed by atoms with Crippen LogP contribution < -0.4 is 5.32 Å². The van der Waals surface area contributed by atoms with Gasteiger partial charge in [0.05, 0.1) is 11.1 Å². The summed E-state index contributed by atoms with van der Waals surface area (Å²) in [5.41, 5.74) is 1.16. The Balaban J connectivity index is 2.55. The van der Waals surface area contributed by atoms with E-state index in [-0.39, 0.29) is 0 Å². The molecule has 0 radical (unpaired) electrons. The molecule has 1 aromatic heterocycles. The van der Waals surface area contributed by atoms with Crippen LogP contribution in [0.3, 0.4) is 0 Å². The maximum absolute atomic E-state index is 6.18. The Bertz CT molecular complexity index is 360. The minimum absolute atomic E-state index is 0.304. The number of rotatable bonds is 9. The van der Waals surface area contributed by atoms with Crippen molar-refractivity contribution in [2.45, 2.75) is 51.7 Å². The molecule has 0 saturated heterocycles. The topological polar surface area (TPSA) is 34.1 Å². The van der Waals surface area contributed by atoms with Gasteiger partial charge in [-0.25, -0.2) is 0 Å². The molecule has 108 valence electrons. The van der Waals surface area contributed by atoms with E-state index < -0.39 is 0 Å². The van der Waals surface area contributed by atoms with Crippen molar-refractivity contribution in [2.24, 2.45) is 0 Å². The smallest absolute Gasteiger partial charge is 0.0621 e. The van der Waals surface area contributed by atoms with Crippen molar-refractivity contribution in [3.8, 4) is 0 Å². The van der Waals surface area contributed by atoms with Crippen LogP contribution in [-0.4, -0.2) is 30.8 Å². The van der Waals surface area contributed by atoms with Gasteiger partial charge in [0.1, 0.15) is 0 Å². The molecule has 4 heteroatoms. The van der Waals surface area contributed by atoms with E-state index in [1.165, 1.54) is 0 Å². The third-order valence-electron chi connectivity index (χ3n) is 3.33. The second-order valence-electron chi connectivity index (χ2n) is 4.95. The summed E-state index contributed by atoms with van der Waals surface area (Å²) in [6.07, 6.45) is 8.05. The molecule has 0 bridgehead atoms. The largest absolute Gasteiger partial charge is 0.382 e. The van der Waals surface area contributed by atoms with E-state index in [1.54, 1.807) is 19.5 Å². The lowest BCUT2D eigenvalue weighted by atomic mass is 10.0. The third kappa shape index (κ3) is 6.37. The molecule has 19 heavy (non-hydrogen) atoms. The predicted molar refractivity (Wildman–Crippen MR) is 80.7 cm³/mol. The zero-order chi connectivity index (χ0) is 14.1. The van der Waals surface area contributed by atoms with Crippen molar-refractivity contribution in [1.29, 1.82) is 0 Å². The molecular formula is C15H25ClN2O. The molecular weight excluding hydrogens is 260 g/mol. The Morgan fingerprint density at radius 2 is 2.21 bits per heavy atom. The summed E-state index contributed by atoms with van der Waals surface area (Å²) in [5, 5.41) is 4.35. The second-order valence-corrected chi connectivity index (χ2v) is 5.35. The average Bonchev–Trinajstić information content (AvgIpc) is 2.43. The minimum atomic E-state index is 0.304. The van der Waals surface area contributed by atoms with Gasteiger partial charge >= 0.3 is 0 Å². The number of nitrogens with one attached hydrogen (secondary N) is 1. The van der Waals surface area contributed by atoms with Gasteiger partial charge in [-0.15, -0.1) is 0 Å². The van der Waals surface area contributed by atoms with E-state index in [9.17, 15) is 0 Å². The number of pyridine rings is 1. The summed E-state index contributed by atoms with van der Waals surface area (Å²) < 4.78 is 5.32. The van der Waals surface area contributed by atoms with Gasteiger partial charge in [-0.2, -0.15) is 0 Å². The van der Waals surface area contributed by atoms with E-state index in [2.05, 4.69) is 24.1 Å². The Hall–Kier alpha value is -0.640. The summed E-state index contributed by atoms with van der Waals surface area (Å²) >= 11 is 6.18. The first kappa shape index (κ1) is 16.4. The molecule has 0 aromatic carbocycles. The molecule has 0 amide bonds. The van der Waals surface area contributed by atoms with Crippen LogP contribution in [0.5, 0.6) is 0 Å². The first-order chi connectivity index (χ1) is 9.17. The number of methoxy groups -OCH3 is 1. The fraction of sp³-hybridized carbons (Fsp3) is 0.667. The fourth-order valence-electron chi connectivity index (χ4n) is 2.01. The number of aromatic nitrogens is 1. The maximum atomic E-state index is 6.18. The lowest BCUT2D eigenvalue weighted by Crippen LogP contribution is -2.32. The van der Waals surface area contributed by atoms with Crippen LogP contribution in [0.25, 0.3) is 0 Å². The Labute approximate surface area is 121 Å². The highest BCUT2D eigenvalue weighted by Gasteiger charge is 2.12. The SMILES string of the molecule is CCCNC(CCC(C)OC)Cc1ccncc1Cl.